The highest BCUT2D eigenvalue weighted by molar-refractivity contribution is 6.01. The van der Waals surface area contributed by atoms with E-state index in [9.17, 15) is 4.79 Å². The van der Waals surface area contributed by atoms with Gasteiger partial charge in [-0.25, -0.2) is 0 Å². The third kappa shape index (κ3) is 5.39. The van der Waals surface area contributed by atoms with Crippen LogP contribution in [0.15, 0.2) is 5.16 Å². The van der Waals surface area contributed by atoms with E-state index in [0.717, 1.165) is 24.7 Å². The molecule has 1 fully saturated rings. The molecule has 20 heavy (non-hydrogen) atoms. The maximum absolute atomic E-state index is 12.1. The third-order valence-corrected chi connectivity index (χ3v) is 4.26. The van der Waals surface area contributed by atoms with Crippen molar-refractivity contribution in [1.29, 1.82) is 0 Å². The number of oxime groups is 1. The first-order valence-corrected chi connectivity index (χ1v) is 7.83. The molecule has 0 spiro atoms. The average molecular weight is 283 g/mol. The van der Waals surface area contributed by atoms with Gasteiger partial charge in [0.25, 0.3) is 0 Å². The Balaban J connectivity index is 2.33. The van der Waals surface area contributed by atoms with Crippen molar-refractivity contribution in [3.63, 3.8) is 0 Å². The SMILES string of the molecule is CCCC(C(=O)NCCC1CCCC(C)C1)C(N)=NO. The molecule has 0 aromatic rings. The number of amidine groups is 1. The smallest absolute Gasteiger partial charge is 0.230 e. The van der Waals surface area contributed by atoms with Crippen molar-refractivity contribution in [2.24, 2.45) is 28.6 Å². The lowest BCUT2D eigenvalue weighted by molar-refractivity contribution is -0.123. The Kier molecular flexibility index (Phi) is 7.41. The van der Waals surface area contributed by atoms with Crippen molar-refractivity contribution >= 4 is 11.7 Å². The normalized spacial score (nSPS) is 25.2. The number of hydrogen-bond acceptors (Lipinski definition) is 3. The topological polar surface area (TPSA) is 87.7 Å². The van der Waals surface area contributed by atoms with Crippen LogP contribution in [0.3, 0.4) is 0 Å². The zero-order valence-corrected chi connectivity index (χ0v) is 12.8. The molecule has 3 atom stereocenters. The van der Waals surface area contributed by atoms with Gasteiger partial charge in [0.15, 0.2) is 5.84 Å². The summed E-state index contributed by atoms with van der Waals surface area (Å²) in [6, 6.07) is 0. The van der Waals surface area contributed by atoms with Crippen LogP contribution in [-0.2, 0) is 4.79 Å². The van der Waals surface area contributed by atoms with E-state index in [4.69, 9.17) is 10.9 Å². The number of carbonyl (C=O) groups is 1. The fourth-order valence-electron chi connectivity index (χ4n) is 3.12. The molecule has 1 aliphatic rings. The summed E-state index contributed by atoms with van der Waals surface area (Å²) in [5.74, 6) is 0.930. The van der Waals surface area contributed by atoms with Crippen LogP contribution in [0.1, 0.15) is 58.8 Å². The van der Waals surface area contributed by atoms with Gasteiger partial charge in [-0.15, -0.1) is 0 Å². The number of nitrogens with one attached hydrogen (secondary N) is 1. The monoisotopic (exact) mass is 283 g/mol. The van der Waals surface area contributed by atoms with Crippen LogP contribution >= 0.6 is 0 Å². The first kappa shape index (κ1) is 16.8. The highest BCUT2D eigenvalue weighted by atomic mass is 16.4. The summed E-state index contributed by atoms with van der Waals surface area (Å²) in [6.07, 6.45) is 7.67. The number of amides is 1. The summed E-state index contributed by atoms with van der Waals surface area (Å²) < 4.78 is 0. The molecule has 0 heterocycles. The predicted octanol–water partition coefficient (Wildman–Crippen LogP) is 2.48. The van der Waals surface area contributed by atoms with Gasteiger partial charge in [-0.2, -0.15) is 0 Å². The largest absolute Gasteiger partial charge is 0.409 e. The Morgan fingerprint density at radius 3 is 2.85 bits per heavy atom. The predicted molar refractivity (Wildman–Crippen MR) is 80.6 cm³/mol. The minimum atomic E-state index is -0.504. The fourth-order valence-corrected chi connectivity index (χ4v) is 3.12. The fraction of sp³-hybridized carbons (Fsp3) is 0.867. The first-order chi connectivity index (χ1) is 9.58. The molecule has 1 aliphatic carbocycles. The first-order valence-electron chi connectivity index (χ1n) is 7.83. The van der Waals surface area contributed by atoms with E-state index >= 15 is 0 Å². The van der Waals surface area contributed by atoms with Crippen molar-refractivity contribution in [2.75, 3.05) is 6.54 Å². The standard InChI is InChI=1S/C15H29N3O2/c1-3-5-13(14(16)18-20)15(19)17-9-8-12-7-4-6-11(2)10-12/h11-13,20H,3-10H2,1-2H3,(H2,16,18)(H,17,19). The van der Waals surface area contributed by atoms with Crippen LogP contribution in [0.2, 0.25) is 0 Å². The quantitative estimate of drug-likeness (QED) is 0.290. The molecule has 3 unspecified atom stereocenters. The van der Waals surface area contributed by atoms with Gasteiger partial charge in [0.05, 0.1) is 5.92 Å². The van der Waals surface area contributed by atoms with Gasteiger partial charge in [0.1, 0.15) is 0 Å². The molecule has 0 aromatic carbocycles. The lowest BCUT2D eigenvalue weighted by atomic mass is 9.81. The highest BCUT2D eigenvalue weighted by Gasteiger charge is 2.23. The number of nitrogens with zero attached hydrogens (tertiary/aromatic N) is 1. The second kappa shape index (κ2) is 8.82. The molecule has 1 rings (SSSR count). The Morgan fingerprint density at radius 2 is 2.25 bits per heavy atom. The molecule has 0 aliphatic heterocycles. The molecular weight excluding hydrogens is 254 g/mol. The van der Waals surface area contributed by atoms with Crippen molar-refractivity contribution in [2.45, 2.75) is 58.8 Å². The highest BCUT2D eigenvalue weighted by Crippen LogP contribution is 2.30. The van der Waals surface area contributed by atoms with E-state index in [-0.39, 0.29) is 11.7 Å². The number of rotatable bonds is 7. The van der Waals surface area contributed by atoms with Crippen molar-refractivity contribution in [3.05, 3.63) is 0 Å². The third-order valence-electron chi connectivity index (χ3n) is 4.26. The Morgan fingerprint density at radius 1 is 1.50 bits per heavy atom. The van der Waals surface area contributed by atoms with Gasteiger partial charge in [0.2, 0.25) is 5.91 Å². The van der Waals surface area contributed by atoms with Gasteiger partial charge in [-0.05, 0) is 31.1 Å². The maximum Gasteiger partial charge on any atom is 0.230 e. The van der Waals surface area contributed by atoms with E-state index in [2.05, 4.69) is 17.4 Å². The van der Waals surface area contributed by atoms with Crippen molar-refractivity contribution in [3.8, 4) is 0 Å². The molecule has 116 valence electrons. The molecule has 0 saturated heterocycles. The van der Waals surface area contributed by atoms with Gasteiger partial charge < -0.3 is 16.3 Å². The summed E-state index contributed by atoms with van der Waals surface area (Å²) >= 11 is 0. The molecule has 0 radical (unpaired) electrons. The van der Waals surface area contributed by atoms with Crippen LogP contribution < -0.4 is 11.1 Å². The van der Waals surface area contributed by atoms with E-state index in [1.165, 1.54) is 25.7 Å². The van der Waals surface area contributed by atoms with Crippen molar-refractivity contribution in [1.82, 2.24) is 5.32 Å². The molecule has 5 heteroatoms. The molecular formula is C15H29N3O2. The minimum absolute atomic E-state index is 0.00985. The lowest BCUT2D eigenvalue weighted by Gasteiger charge is -2.26. The Hall–Kier alpha value is -1.26. The Labute approximate surface area is 122 Å². The zero-order chi connectivity index (χ0) is 15.0. The molecule has 1 saturated carbocycles. The summed E-state index contributed by atoms with van der Waals surface area (Å²) in [7, 11) is 0. The summed E-state index contributed by atoms with van der Waals surface area (Å²) in [6.45, 7) is 4.98. The van der Waals surface area contributed by atoms with E-state index in [0.29, 0.717) is 13.0 Å². The number of carbonyl (C=O) groups excluding carboxylic acids is 1. The van der Waals surface area contributed by atoms with Crippen LogP contribution in [0.25, 0.3) is 0 Å². The van der Waals surface area contributed by atoms with Crippen LogP contribution in [-0.4, -0.2) is 23.5 Å². The minimum Gasteiger partial charge on any atom is -0.409 e. The number of hydrogen-bond donors (Lipinski definition) is 3. The molecule has 1 amide bonds. The van der Waals surface area contributed by atoms with Crippen LogP contribution in [0.4, 0.5) is 0 Å². The Bertz CT molecular complexity index is 331. The van der Waals surface area contributed by atoms with Crippen LogP contribution in [0, 0.1) is 17.8 Å². The average Bonchev–Trinajstić information content (AvgIpc) is 2.44. The molecule has 5 nitrogen and oxygen atoms in total. The van der Waals surface area contributed by atoms with Crippen molar-refractivity contribution < 1.29 is 10.0 Å². The van der Waals surface area contributed by atoms with Gasteiger partial charge >= 0.3 is 0 Å². The second-order valence-electron chi connectivity index (χ2n) is 6.08. The van der Waals surface area contributed by atoms with Gasteiger partial charge in [-0.3, -0.25) is 4.79 Å². The van der Waals surface area contributed by atoms with E-state index < -0.39 is 5.92 Å². The van der Waals surface area contributed by atoms with E-state index in [1.54, 1.807) is 0 Å². The zero-order valence-electron chi connectivity index (χ0n) is 12.8. The van der Waals surface area contributed by atoms with E-state index in [1.807, 2.05) is 6.92 Å². The lowest BCUT2D eigenvalue weighted by Crippen LogP contribution is -2.39. The summed E-state index contributed by atoms with van der Waals surface area (Å²) in [4.78, 5) is 12.1. The molecule has 0 aromatic heterocycles. The maximum atomic E-state index is 12.1. The van der Waals surface area contributed by atoms with Gasteiger partial charge in [0, 0.05) is 6.54 Å². The number of nitrogens with two attached hydrogens (primary N) is 1. The molecule has 4 N–H and O–H groups in total. The molecule has 0 bridgehead atoms. The summed E-state index contributed by atoms with van der Waals surface area (Å²) in [5.41, 5.74) is 5.58. The second-order valence-corrected chi connectivity index (χ2v) is 6.08. The van der Waals surface area contributed by atoms with Crippen LogP contribution in [0.5, 0.6) is 0 Å². The van der Waals surface area contributed by atoms with Gasteiger partial charge in [-0.1, -0.05) is 44.7 Å². The summed E-state index contributed by atoms with van der Waals surface area (Å²) in [5, 5.41) is 14.6.